The van der Waals surface area contributed by atoms with Crippen LogP contribution in [0.4, 0.5) is 0 Å². The van der Waals surface area contributed by atoms with Crippen molar-refractivity contribution in [2.24, 2.45) is 0 Å². The number of hydrogen-bond acceptors (Lipinski definition) is 4. The highest BCUT2D eigenvalue weighted by atomic mass is 32.2. The van der Waals surface area contributed by atoms with Crippen LogP contribution < -0.4 is 0 Å². The molecule has 1 aromatic heterocycles. The number of sulfone groups is 1. The molecule has 0 aliphatic carbocycles. The Morgan fingerprint density at radius 1 is 0.852 bits per heavy atom. The van der Waals surface area contributed by atoms with Gasteiger partial charge in [0.05, 0.1) is 17.2 Å². The minimum absolute atomic E-state index is 0.0204. The Morgan fingerprint density at radius 3 is 2.37 bits per heavy atom. The van der Waals surface area contributed by atoms with E-state index < -0.39 is 9.84 Å². The average Bonchev–Trinajstić information content (AvgIpc) is 3.02. The van der Waals surface area contributed by atoms with Crippen molar-refractivity contribution >= 4 is 31.9 Å². The average molecular weight is 394 g/mol. The molecular weight excluding hydrogens is 374 g/mol. The first-order valence-electron chi connectivity index (χ1n) is 8.71. The van der Waals surface area contributed by atoms with Gasteiger partial charge in [-0.15, -0.1) is 11.3 Å². The number of nitrogens with zero attached hydrogens (tertiary/aromatic N) is 1. The van der Waals surface area contributed by atoms with Crippen molar-refractivity contribution in [3.8, 4) is 10.6 Å². The summed E-state index contributed by atoms with van der Waals surface area (Å²) in [6, 6.07) is 23.6. The summed E-state index contributed by atoms with van der Waals surface area (Å²) >= 11 is 1.46. The molecule has 136 valence electrons. The number of fused-ring (bicyclic) bond motifs is 1. The smallest absolute Gasteiger partial charge is 0.159 e. The highest BCUT2D eigenvalue weighted by Gasteiger charge is 2.19. The number of rotatable bonds is 5. The van der Waals surface area contributed by atoms with Gasteiger partial charge in [0.25, 0.3) is 0 Å². The Hall–Kier alpha value is -2.50. The summed E-state index contributed by atoms with van der Waals surface area (Å²) in [6.45, 7) is 1.88. The summed E-state index contributed by atoms with van der Waals surface area (Å²) in [7, 11) is -3.30. The number of aromatic nitrogens is 1. The van der Waals surface area contributed by atoms with Crippen molar-refractivity contribution in [1.82, 2.24) is 4.98 Å². The van der Waals surface area contributed by atoms with Gasteiger partial charge in [0, 0.05) is 10.4 Å². The predicted molar refractivity (Wildman–Crippen MR) is 113 cm³/mol. The van der Waals surface area contributed by atoms with E-state index >= 15 is 0 Å². The normalized spacial score (nSPS) is 11.7. The van der Waals surface area contributed by atoms with Gasteiger partial charge in [-0.25, -0.2) is 13.4 Å². The molecule has 0 fully saturated rings. The minimum Gasteiger partial charge on any atom is -0.241 e. The second kappa shape index (κ2) is 7.25. The van der Waals surface area contributed by atoms with E-state index in [0.29, 0.717) is 0 Å². The van der Waals surface area contributed by atoms with Crippen molar-refractivity contribution in [1.29, 1.82) is 0 Å². The maximum absolute atomic E-state index is 12.9. The Kier molecular flexibility index (Phi) is 4.81. The fraction of sp³-hybridized carbons (Fsp3) is 0.136. The van der Waals surface area contributed by atoms with Gasteiger partial charge in [-0.05, 0) is 23.3 Å². The van der Waals surface area contributed by atoms with Crippen LogP contribution in [-0.2, 0) is 21.3 Å². The quantitative estimate of drug-likeness (QED) is 0.457. The highest BCUT2D eigenvalue weighted by Crippen LogP contribution is 2.30. The molecule has 0 radical (unpaired) electrons. The molecule has 27 heavy (non-hydrogen) atoms. The standard InChI is InChI=1S/C22H19NO2S2/c1-16-21(26-22(23-16)18-9-3-2-4-10-18)15-27(24,25)14-19-12-7-11-17-8-5-6-13-20(17)19/h2-13H,14-15H2,1H3. The third kappa shape index (κ3) is 3.94. The summed E-state index contributed by atoms with van der Waals surface area (Å²) in [5.41, 5.74) is 2.65. The summed E-state index contributed by atoms with van der Waals surface area (Å²) in [5.74, 6) is 0.0545. The van der Waals surface area contributed by atoms with Gasteiger partial charge in [-0.2, -0.15) is 0 Å². The van der Waals surface area contributed by atoms with Crippen LogP contribution in [0.3, 0.4) is 0 Å². The molecule has 5 heteroatoms. The lowest BCUT2D eigenvalue weighted by Gasteiger charge is -2.07. The molecule has 3 nitrogen and oxygen atoms in total. The molecule has 0 bridgehead atoms. The first-order chi connectivity index (χ1) is 13.0. The van der Waals surface area contributed by atoms with Crippen LogP contribution in [0.15, 0.2) is 72.8 Å². The van der Waals surface area contributed by atoms with Gasteiger partial charge in [0.15, 0.2) is 9.84 Å². The van der Waals surface area contributed by atoms with E-state index in [2.05, 4.69) is 4.98 Å². The molecule has 0 N–H and O–H groups in total. The van der Waals surface area contributed by atoms with Gasteiger partial charge in [0.1, 0.15) is 5.01 Å². The molecule has 0 unspecified atom stereocenters. The summed E-state index contributed by atoms with van der Waals surface area (Å²) in [4.78, 5) is 5.39. The van der Waals surface area contributed by atoms with E-state index in [9.17, 15) is 8.42 Å². The summed E-state index contributed by atoms with van der Waals surface area (Å²) < 4.78 is 25.8. The van der Waals surface area contributed by atoms with Crippen LogP contribution in [0, 0.1) is 6.92 Å². The van der Waals surface area contributed by atoms with Gasteiger partial charge >= 0.3 is 0 Å². The zero-order chi connectivity index (χ0) is 18.9. The Bertz CT molecular complexity index is 1190. The second-order valence-corrected chi connectivity index (χ2v) is 9.71. The zero-order valence-corrected chi connectivity index (χ0v) is 16.6. The van der Waals surface area contributed by atoms with Crippen LogP contribution in [-0.4, -0.2) is 13.4 Å². The molecule has 0 amide bonds. The van der Waals surface area contributed by atoms with E-state index in [0.717, 1.165) is 37.5 Å². The number of hydrogen-bond donors (Lipinski definition) is 0. The van der Waals surface area contributed by atoms with E-state index in [1.165, 1.54) is 11.3 Å². The second-order valence-electron chi connectivity index (χ2n) is 6.56. The first kappa shape index (κ1) is 17.9. The fourth-order valence-corrected chi connectivity index (χ4v) is 6.25. The lowest BCUT2D eigenvalue weighted by Crippen LogP contribution is -2.08. The molecule has 1 heterocycles. The Morgan fingerprint density at radius 2 is 1.56 bits per heavy atom. The highest BCUT2D eigenvalue weighted by molar-refractivity contribution is 7.90. The van der Waals surface area contributed by atoms with E-state index in [1.54, 1.807) is 0 Å². The van der Waals surface area contributed by atoms with Crippen molar-refractivity contribution in [3.05, 3.63) is 88.9 Å². The van der Waals surface area contributed by atoms with Crippen molar-refractivity contribution in [3.63, 3.8) is 0 Å². The molecule has 4 aromatic rings. The lowest BCUT2D eigenvalue weighted by molar-refractivity contribution is 0.595. The Labute approximate surface area is 163 Å². The molecule has 0 spiro atoms. The van der Waals surface area contributed by atoms with Gasteiger partial charge in [0.2, 0.25) is 0 Å². The minimum atomic E-state index is -3.30. The topological polar surface area (TPSA) is 47.0 Å². The van der Waals surface area contributed by atoms with Crippen LogP contribution in [0.1, 0.15) is 16.1 Å². The van der Waals surface area contributed by atoms with Crippen LogP contribution in [0.2, 0.25) is 0 Å². The predicted octanol–water partition coefficient (Wildman–Crippen LogP) is 5.39. The molecule has 0 saturated heterocycles. The maximum Gasteiger partial charge on any atom is 0.159 e. The molecule has 4 rings (SSSR count). The molecule has 0 aliphatic heterocycles. The largest absolute Gasteiger partial charge is 0.241 e. The number of thiazole rings is 1. The SMILES string of the molecule is Cc1nc(-c2ccccc2)sc1CS(=O)(=O)Cc1cccc2ccccc12. The van der Waals surface area contributed by atoms with E-state index in [4.69, 9.17) is 0 Å². The molecule has 0 aliphatic rings. The van der Waals surface area contributed by atoms with Crippen molar-refractivity contribution in [2.75, 3.05) is 0 Å². The third-order valence-corrected chi connectivity index (χ3v) is 7.39. The molecule has 0 atom stereocenters. The van der Waals surface area contributed by atoms with Crippen molar-refractivity contribution in [2.45, 2.75) is 18.4 Å². The molecule has 3 aromatic carbocycles. The van der Waals surface area contributed by atoms with E-state index in [-0.39, 0.29) is 11.5 Å². The van der Waals surface area contributed by atoms with Crippen LogP contribution in [0.5, 0.6) is 0 Å². The summed E-state index contributed by atoms with van der Waals surface area (Å²) in [6.07, 6.45) is 0. The molecular formula is C22H19NO2S2. The van der Waals surface area contributed by atoms with Gasteiger partial charge < -0.3 is 0 Å². The first-order valence-corrected chi connectivity index (χ1v) is 11.3. The van der Waals surface area contributed by atoms with Gasteiger partial charge in [-0.3, -0.25) is 0 Å². The number of benzene rings is 3. The number of aryl methyl sites for hydroxylation is 1. The summed E-state index contributed by atoms with van der Waals surface area (Å²) in [5, 5.41) is 2.92. The van der Waals surface area contributed by atoms with Crippen molar-refractivity contribution < 1.29 is 8.42 Å². The fourth-order valence-electron chi connectivity index (χ4n) is 3.17. The van der Waals surface area contributed by atoms with Crippen LogP contribution in [0.25, 0.3) is 21.3 Å². The van der Waals surface area contributed by atoms with E-state index in [1.807, 2.05) is 79.7 Å². The third-order valence-electron chi connectivity index (χ3n) is 4.52. The monoisotopic (exact) mass is 393 g/mol. The Balaban J connectivity index is 1.61. The maximum atomic E-state index is 12.9. The molecule has 0 saturated carbocycles. The van der Waals surface area contributed by atoms with Gasteiger partial charge in [-0.1, -0.05) is 72.8 Å². The lowest BCUT2D eigenvalue weighted by atomic mass is 10.1. The van der Waals surface area contributed by atoms with Crippen LogP contribution >= 0.6 is 11.3 Å². The zero-order valence-electron chi connectivity index (χ0n) is 14.9.